The molecule has 1 unspecified atom stereocenters. The monoisotopic (exact) mass is 230 g/mol. The van der Waals surface area contributed by atoms with Crippen LogP contribution in [0.3, 0.4) is 0 Å². The standard InChI is InChI=1S/C9H18N4O3/c1-6(9(15)11-2)5-13(3)8(14)4-7(10)12-16/h6,16H,4-5H2,1-3H3,(H2,10,12)(H,11,15). The maximum absolute atomic E-state index is 11.5. The summed E-state index contributed by atoms with van der Waals surface area (Å²) >= 11 is 0. The Morgan fingerprint density at radius 2 is 2.12 bits per heavy atom. The SMILES string of the molecule is CNC(=O)C(C)CN(C)C(=O)CC(N)=NO. The second-order valence-corrected chi connectivity index (χ2v) is 3.56. The van der Waals surface area contributed by atoms with E-state index >= 15 is 0 Å². The lowest BCUT2D eigenvalue weighted by atomic mass is 10.1. The fourth-order valence-electron chi connectivity index (χ4n) is 1.17. The summed E-state index contributed by atoms with van der Waals surface area (Å²) in [5.41, 5.74) is 5.20. The van der Waals surface area contributed by atoms with Crippen LogP contribution < -0.4 is 11.1 Å². The molecular weight excluding hydrogens is 212 g/mol. The Kier molecular flexibility index (Phi) is 5.91. The first-order chi connectivity index (χ1) is 7.42. The van der Waals surface area contributed by atoms with Crippen molar-refractivity contribution in [2.75, 3.05) is 20.6 Å². The number of carbonyl (C=O) groups excluding carboxylic acids is 2. The van der Waals surface area contributed by atoms with Crippen LogP contribution in [0.25, 0.3) is 0 Å². The molecule has 92 valence electrons. The van der Waals surface area contributed by atoms with E-state index in [-0.39, 0.29) is 36.5 Å². The van der Waals surface area contributed by atoms with E-state index in [0.717, 1.165) is 0 Å². The average Bonchev–Trinajstić information content (AvgIpc) is 2.27. The Morgan fingerprint density at radius 1 is 1.56 bits per heavy atom. The van der Waals surface area contributed by atoms with Gasteiger partial charge in [-0.1, -0.05) is 12.1 Å². The summed E-state index contributed by atoms with van der Waals surface area (Å²) in [6, 6.07) is 0. The van der Waals surface area contributed by atoms with Crippen molar-refractivity contribution < 1.29 is 14.8 Å². The first-order valence-electron chi connectivity index (χ1n) is 4.84. The lowest BCUT2D eigenvalue weighted by Crippen LogP contribution is -2.38. The molecule has 0 aliphatic carbocycles. The van der Waals surface area contributed by atoms with Crippen molar-refractivity contribution in [1.29, 1.82) is 0 Å². The highest BCUT2D eigenvalue weighted by Gasteiger charge is 2.17. The minimum absolute atomic E-state index is 0.136. The van der Waals surface area contributed by atoms with Crippen LogP contribution in [0.4, 0.5) is 0 Å². The fourth-order valence-corrected chi connectivity index (χ4v) is 1.17. The largest absolute Gasteiger partial charge is 0.409 e. The van der Waals surface area contributed by atoms with Crippen LogP contribution in [0.2, 0.25) is 0 Å². The molecule has 7 nitrogen and oxygen atoms in total. The van der Waals surface area contributed by atoms with Crippen LogP contribution in [0.5, 0.6) is 0 Å². The van der Waals surface area contributed by atoms with Gasteiger partial charge >= 0.3 is 0 Å². The molecular formula is C9H18N4O3. The Hall–Kier alpha value is -1.79. The first-order valence-corrected chi connectivity index (χ1v) is 4.84. The highest BCUT2D eigenvalue weighted by Crippen LogP contribution is 2.00. The smallest absolute Gasteiger partial charge is 0.230 e. The van der Waals surface area contributed by atoms with Gasteiger partial charge in [-0.3, -0.25) is 9.59 Å². The van der Waals surface area contributed by atoms with Crippen LogP contribution in [-0.2, 0) is 9.59 Å². The van der Waals surface area contributed by atoms with Gasteiger partial charge in [0.05, 0.1) is 12.3 Å². The van der Waals surface area contributed by atoms with E-state index in [0.29, 0.717) is 0 Å². The van der Waals surface area contributed by atoms with E-state index in [1.165, 1.54) is 11.9 Å². The number of nitrogens with zero attached hydrogens (tertiary/aromatic N) is 2. The van der Waals surface area contributed by atoms with Crippen molar-refractivity contribution in [2.45, 2.75) is 13.3 Å². The van der Waals surface area contributed by atoms with E-state index < -0.39 is 0 Å². The lowest BCUT2D eigenvalue weighted by molar-refractivity contribution is -0.131. The van der Waals surface area contributed by atoms with Crippen LogP contribution in [0.1, 0.15) is 13.3 Å². The minimum atomic E-state index is -0.300. The number of hydrogen-bond acceptors (Lipinski definition) is 4. The summed E-state index contributed by atoms with van der Waals surface area (Å²) in [7, 11) is 3.10. The Labute approximate surface area is 94.3 Å². The number of amides is 2. The van der Waals surface area contributed by atoms with E-state index in [1.807, 2.05) is 0 Å². The molecule has 2 amide bonds. The second-order valence-electron chi connectivity index (χ2n) is 3.56. The van der Waals surface area contributed by atoms with Gasteiger partial charge in [-0.15, -0.1) is 0 Å². The predicted octanol–water partition coefficient (Wildman–Crippen LogP) is -1.04. The summed E-state index contributed by atoms with van der Waals surface area (Å²) in [6.45, 7) is 2.00. The minimum Gasteiger partial charge on any atom is -0.409 e. The molecule has 4 N–H and O–H groups in total. The summed E-state index contributed by atoms with van der Waals surface area (Å²) in [6.07, 6.45) is -0.159. The van der Waals surface area contributed by atoms with Gasteiger partial charge in [0.15, 0.2) is 0 Å². The maximum Gasteiger partial charge on any atom is 0.230 e. The molecule has 16 heavy (non-hydrogen) atoms. The quantitative estimate of drug-likeness (QED) is 0.243. The number of carbonyl (C=O) groups is 2. The first kappa shape index (κ1) is 14.2. The molecule has 0 aromatic rings. The molecule has 0 rings (SSSR count). The number of oxime groups is 1. The van der Waals surface area contributed by atoms with Gasteiger partial charge < -0.3 is 21.2 Å². The highest BCUT2D eigenvalue weighted by molar-refractivity contribution is 5.98. The van der Waals surface area contributed by atoms with E-state index in [2.05, 4.69) is 10.5 Å². The predicted molar refractivity (Wildman–Crippen MR) is 58.9 cm³/mol. The Bertz CT molecular complexity index is 290. The van der Waals surface area contributed by atoms with Gasteiger partial charge in [-0.05, 0) is 0 Å². The zero-order valence-corrected chi connectivity index (χ0v) is 9.73. The molecule has 0 heterocycles. The molecule has 0 radical (unpaired) electrons. The topological polar surface area (TPSA) is 108 Å². The fraction of sp³-hybridized carbons (Fsp3) is 0.667. The van der Waals surface area contributed by atoms with Gasteiger partial charge in [0.25, 0.3) is 0 Å². The van der Waals surface area contributed by atoms with Crippen molar-refractivity contribution in [2.24, 2.45) is 16.8 Å². The molecule has 0 aliphatic rings. The van der Waals surface area contributed by atoms with Crippen molar-refractivity contribution in [3.63, 3.8) is 0 Å². The number of amidine groups is 1. The number of nitrogens with two attached hydrogens (primary N) is 1. The maximum atomic E-state index is 11.5. The van der Waals surface area contributed by atoms with Crippen molar-refractivity contribution in [3.05, 3.63) is 0 Å². The molecule has 0 fully saturated rings. The molecule has 7 heteroatoms. The third kappa shape index (κ3) is 4.63. The van der Waals surface area contributed by atoms with Gasteiger partial charge in [0.1, 0.15) is 5.84 Å². The molecule has 0 aromatic carbocycles. The van der Waals surface area contributed by atoms with Gasteiger partial charge in [0, 0.05) is 20.6 Å². The second kappa shape index (κ2) is 6.65. The van der Waals surface area contributed by atoms with Crippen LogP contribution in [-0.4, -0.2) is 48.4 Å². The lowest BCUT2D eigenvalue weighted by Gasteiger charge is -2.20. The Balaban J connectivity index is 4.20. The normalized spacial score (nSPS) is 13.1. The van der Waals surface area contributed by atoms with Crippen LogP contribution >= 0.6 is 0 Å². The van der Waals surface area contributed by atoms with Gasteiger partial charge in [-0.2, -0.15) is 0 Å². The molecule has 0 bridgehead atoms. The third-order valence-electron chi connectivity index (χ3n) is 2.13. The summed E-state index contributed by atoms with van der Waals surface area (Å²) in [5.74, 6) is -0.884. The number of hydrogen-bond donors (Lipinski definition) is 3. The summed E-state index contributed by atoms with van der Waals surface area (Å²) in [5, 5.41) is 13.5. The van der Waals surface area contributed by atoms with Crippen molar-refractivity contribution in [1.82, 2.24) is 10.2 Å². The summed E-state index contributed by atoms with van der Waals surface area (Å²) in [4.78, 5) is 24.1. The molecule has 0 aromatic heterocycles. The Morgan fingerprint density at radius 3 is 2.56 bits per heavy atom. The third-order valence-corrected chi connectivity index (χ3v) is 2.13. The number of rotatable bonds is 5. The van der Waals surface area contributed by atoms with Gasteiger partial charge in [0.2, 0.25) is 11.8 Å². The van der Waals surface area contributed by atoms with Crippen molar-refractivity contribution >= 4 is 17.6 Å². The average molecular weight is 230 g/mol. The van der Waals surface area contributed by atoms with Crippen LogP contribution in [0.15, 0.2) is 5.16 Å². The molecule has 1 atom stereocenters. The highest BCUT2D eigenvalue weighted by atomic mass is 16.4. The molecule has 0 saturated heterocycles. The van der Waals surface area contributed by atoms with Crippen molar-refractivity contribution in [3.8, 4) is 0 Å². The zero-order chi connectivity index (χ0) is 12.7. The van der Waals surface area contributed by atoms with Crippen LogP contribution in [0, 0.1) is 5.92 Å². The van der Waals surface area contributed by atoms with E-state index in [1.54, 1.807) is 14.0 Å². The zero-order valence-electron chi connectivity index (χ0n) is 9.73. The van der Waals surface area contributed by atoms with E-state index in [9.17, 15) is 9.59 Å². The summed E-state index contributed by atoms with van der Waals surface area (Å²) < 4.78 is 0. The van der Waals surface area contributed by atoms with Gasteiger partial charge in [-0.25, -0.2) is 0 Å². The molecule has 0 spiro atoms. The molecule has 0 aliphatic heterocycles. The van der Waals surface area contributed by atoms with E-state index in [4.69, 9.17) is 10.9 Å². The molecule has 0 saturated carbocycles. The number of nitrogens with one attached hydrogen (secondary N) is 1.